The number of thiophene rings is 1. The number of hydrogen-bond acceptors (Lipinski definition) is 4. The summed E-state index contributed by atoms with van der Waals surface area (Å²) in [5.41, 5.74) is 1.04. The number of esters is 1. The molecule has 2 rings (SSSR count). The topological polar surface area (TPSA) is 55.4 Å². The van der Waals surface area contributed by atoms with E-state index in [9.17, 15) is 9.59 Å². The molecule has 0 bridgehead atoms. The van der Waals surface area contributed by atoms with Gasteiger partial charge < -0.3 is 10.1 Å². The number of nitrogens with one attached hydrogen (secondary N) is 1. The smallest absolute Gasteiger partial charge is 0.349 e. The van der Waals surface area contributed by atoms with Gasteiger partial charge >= 0.3 is 5.97 Å². The molecule has 1 N–H and O–H groups in total. The first-order valence-corrected chi connectivity index (χ1v) is 9.02. The molecule has 0 fully saturated rings. The lowest BCUT2D eigenvalue weighted by Gasteiger charge is -2.21. The SMILES string of the molecule is CCCC(NC(=O)C(C)OC(=O)c1ccc(Cl)s1)c1ccccc1. The standard InChI is InChI=1S/C18H20ClNO3S/c1-3-7-14(13-8-5-4-6-9-13)20-17(21)12(2)23-18(22)15-10-11-16(19)24-15/h4-6,8-12,14H,3,7H2,1-2H3,(H,20,21). The minimum atomic E-state index is -0.874. The van der Waals surface area contributed by atoms with E-state index in [0.29, 0.717) is 9.21 Å². The number of carbonyl (C=O) groups excluding carboxylic acids is 2. The summed E-state index contributed by atoms with van der Waals surface area (Å²) in [6.45, 7) is 3.63. The highest BCUT2D eigenvalue weighted by atomic mass is 35.5. The molecule has 24 heavy (non-hydrogen) atoms. The van der Waals surface area contributed by atoms with Crippen molar-refractivity contribution in [3.05, 3.63) is 57.2 Å². The Kier molecular flexibility index (Phi) is 6.82. The lowest BCUT2D eigenvalue weighted by molar-refractivity contribution is -0.129. The van der Waals surface area contributed by atoms with E-state index >= 15 is 0 Å². The third-order valence-electron chi connectivity index (χ3n) is 3.52. The first kappa shape index (κ1) is 18.5. The first-order chi connectivity index (χ1) is 11.5. The van der Waals surface area contributed by atoms with Crippen molar-refractivity contribution >= 4 is 34.8 Å². The van der Waals surface area contributed by atoms with Gasteiger partial charge in [-0.3, -0.25) is 4.79 Å². The molecule has 0 saturated heterocycles. The van der Waals surface area contributed by atoms with Crippen LogP contribution < -0.4 is 5.32 Å². The first-order valence-electron chi connectivity index (χ1n) is 7.83. The van der Waals surface area contributed by atoms with Crippen molar-refractivity contribution in [2.24, 2.45) is 0 Å². The summed E-state index contributed by atoms with van der Waals surface area (Å²) in [4.78, 5) is 24.7. The predicted molar refractivity (Wildman–Crippen MR) is 96.4 cm³/mol. The van der Waals surface area contributed by atoms with Crippen LogP contribution in [-0.4, -0.2) is 18.0 Å². The predicted octanol–water partition coefficient (Wildman–Crippen LogP) is 4.60. The lowest BCUT2D eigenvalue weighted by Crippen LogP contribution is -2.38. The Balaban J connectivity index is 1.97. The lowest BCUT2D eigenvalue weighted by atomic mass is 10.0. The van der Waals surface area contributed by atoms with Crippen LogP contribution in [0.5, 0.6) is 0 Å². The van der Waals surface area contributed by atoms with Gasteiger partial charge in [0.05, 0.1) is 10.4 Å². The molecule has 0 saturated carbocycles. The molecule has 0 aliphatic carbocycles. The van der Waals surface area contributed by atoms with E-state index in [0.717, 1.165) is 29.7 Å². The second-order valence-electron chi connectivity index (χ2n) is 5.41. The van der Waals surface area contributed by atoms with Crippen LogP contribution >= 0.6 is 22.9 Å². The molecule has 2 unspecified atom stereocenters. The second-order valence-corrected chi connectivity index (χ2v) is 7.13. The molecule has 2 aromatic rings. The Morgan fingerprint density at radius 3 is 2.50 bits per heavy atom. The summed E-state index contributed by atoms with van der Waals surface area (Å²) in [7, 11) is 0. The summed E-state index contributed by atoms with van der Waals surface area (Å²) in [5, 5.41) is 2.96. The minimum absolute atomic E-state index is 0.0963. The van der Waals surface area contributed by atoms with Crippen LogP contribution in [0.15, 0.2) is 42.5 Å². The third-order valence-corrected chi connectivity index (χ3v) is 4.73. The highest BCUT2D eigenvalue weighted by Gasteiger charge is 2.22. The van der Waals surface area contributed by atoms with E-state index in [4.69, 9.17) is 16.3 Å². The van der Waals surface area contributed by atoms with Crippen LogP contribution in [0.1, 0.15) is 48.0 Å². The number of ether oxygens (including phenoxy) is 1. The van der Waals surface area contributed by atoms with Gasteiger partial charge in [0.25, 0.3) is 5.91 Å². The van der Waals surface area contributed by atoms with Gasteiger partial charge in [-0.2, -0.15) is 0 Å². The van der Waals surface area contributed by atoms with Crippen molar-refractivity contribution in [3.63, 3.8) is 0 Å². The van der Waals surface area contributed by atoms with Gasteiger partial charge in [0.1, 0.15) is 4.88 Å². The normalized spacial score (nSPS) is 13.1. The van der Waals surface area contributed by atoms with Crippen molar-refractivity contribution in [1.82, 2.24) is 5.32 Å². The molecule has 4 nitrogen and oxygen atoms in total. The second kappa shape index (κ2) is 8.85. The average Bonchev–Trinajstić information content (AvgIpc) is 3.01. The maximum atomic E-state index is 12.4. The number of halogens is 1. The van der Waals surface area contributed by atoms with Crippen LogP contribution in [0.2, 0.25) is 4.34 Å². The van der Waals surface area contributed by atoms with E-state index < -0.39 is 12.1 Å². The van der Waals surface area contributed by atoms with Gasteiger partial charge in [0.15, 0.2) is 6.10 Å². The Morgan fingerprint density at radius 2 is 1.92 bits per heavy atom. The number of benzene rings is 1. The summed E-state index contributed by atoms with van der Waals surface area (Å²) in [5.74, 6) is -0.852. The third kappa shape index (κ3) is 5.08. The van der Waals surface area contributed by atoms with Gasteiger partial charge in [-0.05, 0) is 31.0 Å². The number of rotatable bonds is 7. The fourth-order valence-electron chi connectivity index (χ4n) is 2.28. The van der Waals surface area contributed by atoms with Crippen LogP contribution in [0.3, 0.4) is 0 Å². The Morgan fingerprint density at radius 1 is 1.21 bits per heavy atom. The van der Waals surface area contributed by atoms with Crippen molar-refractivity contribution < 1.29 is 14.3 Å². The zero-order valence-electron chi connectivity index (χ0n) is 13.6. The highest BCUT2D eigenvalue weighted by Crippen LogP contribution is 2.23. The van der Waals surface area contributed by atoms with E-state index in [2.05, 4.69) is 12.2 Å². The maximum Gasteiger partial charge on any atom is 0.349 e. The molecule has 1 heterocycles. The molecule has 0 spiro atoms. The summed E-state index contributed by atoms with van der Waals surface area (Å²) in [6, 6.07) is 12.9. The molecule has 1 aromatic carbocycles. The van der Waals surface area contributed by atoms with E-state index in [1.807, 2.05) is 30.3 Å². The summed E-state index contributed by atoms with van der Waals surface area (Å²) >= 11 is 6.93. The molecular weight excluding hydrogens is 346 g/mol. The molecule has 0 aliphatic rings. The molecular formula is C18H20ClNO3S. The number of carbonyl (C=O) groups is 2. The molecule has 1 amide bonds. The highest BCUT2D eigenvalue weighted by molar-refractivity contribution is 7.17. The Hall–Kier alpha value is -1.85. The molecule has 0 aliphatic heterocycles. The van der Waals surface area contributed by atoms with Crippen LogP contribution in [0.4, 0.5) is 0 Å². The Bertz CT molecular complexity index is 687. The Labute approximate surface area is 150 Å². The summed E-state index contributed by atoms with van der Waals surface area (Å²) < 4.78 is 5.73. The largest absolute Gasteiger partial charge is 0.448 e. The van der Waals surface area contributed by atoms with Gasteiger partial charge in [0, 0.05) is 0 Å². The molecule has 6 heteroatoms. The van der Waals surface area contributed by atoms with Crippen LogP contribution in [0, 0.1) is 0 Å². The molecule has 1 aromatic heterocycles. The zero-order chi connectivity index (χ0) is 17.5. The number of amides is 1. The average molecular weight is 366 g/mol. The summed E-state index contributed by atoms with van der Waals surface area (Å²) in [6.07, 6.45) is 0.875. The van der Waals surface area contributed by atoms with Crippen molar-refractivity contribution in [2.45, 2.75) is 38.8 Å². The van der Waals surface area contributed by atoms with Crippen molar-refractivity contribution in [1.29, 1.82) is 0 Å². The number of hydrogen-bond donors (Lipinski definition) is 1. The van der Waals surface area contributed by atoms with Gasteiger partial charge in [-0.25, -0.2) is 4.79 Å². The van der Waals surface area contributed by atoms with Gasteiger partial charge in [-0.1, -0.05) is 55.3 Å². The van der Waals surface area contributed by atoms with E-state index in [1.165, 1.54) is 0 Å². The van der Waals surface area contributed by atoms with Gasteiger partial charge in [0.2, 0.25) is 0 Å². The molecule has 2 atom stereocenters. The van der Waals surface area contributed by atoms with Gasteiger partial charge in [-0.15, -0.1) is 11.3 Å². The molecule has 0 radical (unpaired) electrons. The van der Waals surface area contributed by atoms with E-state index in [-0.39, 0.29) is 11.9 Å². The van der Waals surface area contributed by atoms with Crippen molar-refractivity contribution in [2.75, 3.05) is 0 Å². The van der Waals surface area contributed by atoms with E-state index in [1.54, 1.807) is 19.1 Å². The monoisotopic (exact) mass is 365 g/mol. The fraction of sp³-hybridized carbons (Fsp3) is 0.333. The van der Waals surface area contributed by atoms with Crippen LogP contribution in [0.25, 0.3) is 0 Å². The maximum absolute atomic E-state index is 12.4. The zero-order valence-corrected chi connectivity index (χ0v) is 15.2. The minimum Gasteiger partial charge on any atom is -0.448 e. The molecule has 128 valence electrons. The fourth-order valence-corrected chi connectivity index (χ4v) is 3.21. The quantitative estimate of drug-likeness (QED) is 0.729. The van der Waals surface area contributed by atoms with Crippen molar-refractivity contribution in [3.8, 4) is 0 Å². The van der Waals surface area contributed by atoms with Crippen LogP contribution in [-0.2, 0) is 9.53 Å².